The summed E-state index contributed by atoms with van der Waals surface area (Å²) < 4.78 is 1.78. The van der Waals surface area contributed by atoms with Gasteiger partial charge in [-0.25, -0.2) is 9.67 Å². The van der Waals surface area contributed by atoms with Crippen LogP contribution in [-0.2, 0) is 5.60 Å². The van der Waals surface area contributed by atoms with Crippen molar-refractivity contribution in [3.8, 4) is 0 Å². The van der Waals surface area contributed by atoms with Gasteiger partial charge in [0.1, 0.15) is 17.1 Å². The molecule has 0 radical (unpaired) electrons. The molecule has 7 nitrogen and oxygen atoms in total. The van der Waals surface area contributed by atoms with Crippen LogP contribution in [-0.4, -0.2) is 43.2 Å². The van der Waals surface area contributed by atoms with Gasteiger partial charge in [0, 0.05) is 18.8 Å². The average Bonchev–Trinajstić information content (AvgIpc) is 3.01. The second-order valence-electron chi connectivity index (χ2n) is 6.65. The molecular formula is C16H24N6O. The predicted octanol–water partition coefficient (Wildman–Crippen LogP) is 1.75. The third-order valence-electron chi connectivity index (χ3n) is 4.34. The third-order valence-corrected chi connectivity index (χ3v) is 4.34. The number of aliphatic hydroxyl groups is 1. The van der Waals surface area contributed by atoms with Crippen LogP contribution in [0, 0.1) is 13.8 Å². The van der Waals surface area contributed by atoms with Crippen molar-refractivity contribution in [2.75, 3.05) is 18.0 Å². The van der Waals surface area contributed by atoms with Crippen molar-refractivity contribution in [3.63, 3.8) is 0 Å². The van der Waals surface area contributed by atoms with Crippen LogP contribution in [0.2, 0.25) is 0 Å². The highest BCUT2D eigenvalue weighted by Gasteiger charge is 2.38. The van der Waals surface area contributed by atoms with Gasteiger partial charge in [-0.05, 0) is 40.5 Å². The maximum Gasteiger partial charge on any atom is 0.150 e. The first-order valence-corrected chi connectivity index (χ1v) is 8.09. The molecule has 2 aromatic heterocycles. The zero-order chi connectivity index (χ0) is 16.6. The molecule has 1 aliphatic rings. The molecule has 7 heteroatoms. The van der Waals surface area contributed by atoms with Gasteiger partial charge < -0.3 is 10.0 Å². The van der Waals surface area contributed by atoms with Gasteiger partial charge in [-0.2, -0.15) is 0 Å². The van der Waals surface area contributed by atoms with Gasteiger partial charge >= 0.3 is 0 Å². The molecule has 1 aliphatic heterocycles. The maximum absolute atomic E-state index is 11.1. The summed E-state index contributed by atoms with van der Waals surface area (Å²) in [5.41, 5.74) is 1.40. The quantitative estimate of drug-likeness (QED) is 0.929. The van der Waals surface area contributed by atoms with Crippen LogP contribution in [0.3, 0.4) is 0 Å². The Balaban J connectivity index is 1.88. The Morgan fingerprint density at radius 3 is 2.78 bits per heavy atom. The topological polar surface area (TPSA) is 80.0 Å². The Kier molecular flexibility index (Phi) is 4.06. The van der Waals surface area contributed by atoms with E-state index in [4.69, 9.17) is 0 Å². The molecule has 2 aromatic rings. The molecule has 0 spiro atoms. The fraction of sp³-hybridized carbons (Fsp3) is 0.625. The van der Waals surface area contributed by atoms with E-state index in [1.54, 1.807) is 10.9 Å². The number of anilines is 1. The molecule has 1 N–H and O–H groups in total. The number of aromatic nitrogens is 5. The summed E-state index contributed by atoms with van der Waals surface area (Å²) in [4.78, 5) is 11.1. The van der Waals surface area contributed by atoms with Crippen molar-refractivity contribution in [2.24, 2.45) is 0 Å². The highest BCUT2D eigenvalue weighted by molar-refractivity contribution is 5.44. The molecular weight excluding hydrogens is 292 g/mol. The Morgan fingerprint density at radius 1 is 1.30 bits per heavy atom. The van der Waals surface area contributed by atoms with Crippen LogP contribution in [0.4, 0.5) is 5.82 Å². The number of rotatable bonds is 3. The molecule has 0 aromatic carbocycles. The predicted molar refractivity (Wildman–Crippen MR) is 87.3 cm³/mol. The van der Waals surface area contributed by atoms with Gasteiger partial charge in [0.25, 0.3) is 0 Å². The summed E-state index contributed by atoms with van der Waals surface area (Å²) in [6.07, 6.45) is 5.17. The van der Waals surface area contributed by atoms with Gasteiger partial charge in [-0.15, -0.1) is 5.10 Å². The van der Waals surface area contributed by atoms with Gasteiger partial charge in [0.15, 0.2) is 0 Å². The summed E-state index contributed by atoms with van der Waals surface area (Å²) in [6, 6.07) is 0.226. The maximum atomic E-state index is 11.1. The summed E-state index contributed by atoms with van der Waals surface area (Å²) in [6.45, 7) is 9.29. The largest absolute Gasteiger partial charge is 0.382 e. The molecule has 1 atom stereocenters. The van der Waals surface area contributed by atoms with Gasteiger partial charge in [-0.3, -0.25) is 4.98 Å². The van der Waals surface area contributed by atoms with Gasteiger partial charge in [-0.1, -0.05) is 5.21 Å². The van der Waals surface area contributed by atoms with E-state index in [2.05, 4.69) is 25.2 Å². The first kappa shape index (κ1) is 15.9. The Bertz CT molecular complexity index is 698. The summed E-state index contributed by atoms with van der Waals surface area (Å²) in [5, 5.41) is 19.5. The fourth-order valence-electron chi connectivity index (χ4n) is 2.99. The van der Waals surface area contributed by atoms with Crippen molar-refractivity contribution in [1.82, 2.24) is 25.0 Å². The third kappa shape index (κ3) is 3.06. The first-order chi connectivity index (χ1) is 10.9. The van der Waals surface area contributed by atoms with Gasteiger partial charge in [0.05, 0.1) is 24.1 Å². The van der Waals surface area contributed by atoms with Crippen molar-refractivity contribution < 1.29 is 5.11 Å². The number of aryl methyl sites for hydroxylation is 2. The van der Waals surface area contributed by atoms with Gasteiger partial charge in [0.2, 0.25) is 0 Å². The zero-order valence-corrected chi connectivity index (χ0v) is 14.2. The molecule has 0 amide bonds. The Morgan fingerprint density at radius 2 is 2.09 bits per heavy atom. The number of piperidine rings is 1. The first-order valence-electron chi connectivity index (χ1n) is 8.09. The summed E-state index contributed by atoms with van der Waals surface area (Å²) in [7, 11) is 0. The van der Waals surface area contributed by atoms with E-state index in [9.17, 15) is 5.11 Å². The lowest BCUT2D eigenvalue weighted by molar-refractivity contribution is 0.0174. The minimum atomic E-state index is -0.997. The zero-order valence-electron chi connectivity index (χ0n) is 14.2. The molecule has 23 heavy (non-hydrogen) atoms. The van der Waals surface area contributed by atoms with E-state index in [1.807, 2.05) is 33.9 Å². The summed E-state index contributed by atoms with van der Waals surface area (Å²) in [5.74, 6) is 0.847. The van der Waals surface area contributed by atoms with Crippen molar-refractivity contribution in [2.45, 2.75) is 52.2 Å². The number of hydrogen-bond donors (Lipinski definition) is 1. The average molecular weight is 316 g/mol. The molecule has 124 valence electrons. The highest BCUT2D eigenvalue weighted by Crippen LogP contribution is 2.33. The van der Waals surface area contributed by atoms with Crippen LogP contribution >= 0.6 is 0 Å². The highest BCUT2D eigenvalue weighted by atomic mass is 16.3. The van der Waals surface area contributed by atoms with E-state index >= 15 is 0 Å². The standard InChI is InChI=1S/C16H24N6O/c1-11(2)22-9-14(19-20-22)16(23)6-5-7-21(10-16)15-13(4)17-8-12(3)18-15/h8-9,11,23H,5-7,10H2,1-4H3/t16-/m0/s1. The lowest BCUT2D eigenvalue weighted by Crippen LogP contribution is -2.47. The second-order valence-corrected chi connectivity index (χ2v) is 6.65. The molecule has 1 fully saturated rings. The van der Waals surface area contributed by atoms with Crippen LogP contribution in [0.15, 0.2) is 12.4 Å². The molecule has 1 saturated heterocycles. The SMILES string of the molecule is Cc1cnc(C)c(N2CCC[C@@](O)(c3cn(C(C)C)nn3)C2)n1. The minimum absolute atomic E-state index is 0.226. The van der Waals surface area contributed by atoms with E-state index in [1.165, 1.54) is 0 Å². The number of nitrogens with zero attached hydrogens (tertiary/aromatic N) is 6. The van der Waals surface area contributed by atoms with Crippen molar-refractivity contribution in [1.29, 1.82) is 0 Å². The summed E-state index contributed by atoms with van der Waals surface area (Å²) >= 11 is 0. The van der Waals surface area contributed by atoms with Crippen LogP contribution in [0.1, 0.15) is 49.8 Å². The molecule has 0 saturated carbocycles. The second kappa shape index (κ2) is 5.88. The lowest BCUT2D eigenvalue weighted by atomic mass is 9.90. The van der Waals surface area contributed by atoms with Crippen LogP contribution in [0.25, 0.3) is 0 Å². The smallest absolute Gasteiger partial charge is 0.150 e. The van der Waals surface area contributed by atoms with Crippen LogP contribution in [0.5, 0.6) is 0 Å². The Hall–Kier alpha value is -2.02. The van der Waals surface area contributed by atoms with Crippen molar-refractivity contribution in [3.05, 3.63) is 29.5 Å². The van der Waals surface area contributed by atoms with E-state index in [-0.39, 0.29) is 6.04 Å². The Labute approximate surface area is 136 Å². The molecule has 0 unspecified atom stereocenters. The number of hydrogen-bond acceptors (Lipinski definition) is 6. The fourth-order valence-corrected chi connectivity index (χ4v) is 2.99. The van der Waals surface area contributed by atoms with E-state index < -0.39 is 5.60 Å². The monoisotopic (exact) mass is 316 g/mol. The normalized spacial score (nSPS) is 21.9. The van der Waals surface area contributed by atoms with Crippen molar-refractivity contribution >= 4 is 5.82 Å². The molecule has 0 bridgehead atoms. The number of β-amino-alcohol motifs (C(OH)–C–C–N with tert-alkyl or cyclic N) is 1. The molecule has 0 aliphatic carbocycles. The molecule has 3 rings (SSSR count). The van der Waals surface area contributed by atoms with E-state index in [0.717, 1.165) is 30.2 Å². The van der Waals surface area contributed by atoms with Crippen LogP contribution < -0.4 is 4.90 Å². The van der Waals surface area contributed by atoms with E-state index in [0.29, 0.717) is 18.7 Å². The lowest BCUT2D eigenvalue weighted by Gasteiger charge is -2.39. The minimum Gasteiger partial charge on any atom is -0.382 e. The molecule has 3 heterocycles.